The van der Waals surface area contributed by atoms with Crippen molar-refractivity contribution in [2.24, 2.45) is 5.92 Å². The van der Waals surface area contributed by atoms with Gasteiger partial charge >= 0.3 is 6.18 Å². The molecule has 0 saturated heterocycles. The number of hydrogen-bond acceptors (Lipinski definition) is 2. The van der Waals surface area contributed by atoms with Gasteiger partial charge in [0.15, 0.2) is 0 Å². The van der Waals surface area contributed by atoms with Crippen LogP contribution >= 0.6 is 11.3 Å². The molecule has 1 aromatic carbocycles. The van der Waals surface area contributed by atoms with Gasteiger partial charge < -0.3 is 5.32 Å². The maximum atomic E-state index is 13.0. The van der Waals surface area contributed by atoms with Gasteiger partial charge in [0.25, 0.3) is 0 Å². The fourth-order valence-electron chi connectivity index (χ4n) is 2.52. The van der Waals surface area contributed by atoms with Crippen LogP contribution in [0.4, 0.5) is 18.9 Å². The van der Waals surface area contributed by atoms with Crippen LogP contribution < -0.4 is 5.32 Å². The molecule has 1 aliphatic rings. The van der Waals surface area contributed by atoms with Crippen LogP contribution in [0.2, 0.25) is 0 Å². The summed E-state index contributed by atoms with van der Waals surface area (Å²) < 4.78 is 39.0. The van der Waals surface area contributed by atoms with Gasteiger partial charge in [-0.05, 0) is 54.8 Å². The zero-order valence-corrected chi connectivity index (χ0v) is 12.4. The van der Waals surface area contributed by atoms with Crippen molar-refractivity contribution in [3.63, 3.8) is 0 Å². The van der Waals surface area contributed by atoms with Crippen molar-refractivity contribution in [3.05, 3.63) is 51.7 Å². The van der Waals surface area contributed by atoms with Crippen molar-refractivity contribution in [1.82, 2.24) is 0 Å². The number of alkyl halides is 3. The standard InChI is InChI=1S/C16H16F3NS/c1-10-4-7-12(9-13(10)16(17,18)19)20-15(11-5-6-11)14-3-2-8-21-14/h2-4,7-9,11,15,20H,5-6H2,1H3. The van der Waals surface area contributed by atoms with Gasteiger partial charge in [-0.25, -0.2) is 0 Å². The first-order chi connectivity index (χ1) is 9.95. The fraction of sp³-hybridized carbons (Fsp3) is 0.375. The molecule has 1 saturated carbocycles. The van der Waals surface area contributed by atoms with Crippen molar-refractivity contribution >= 4 is 17.0 Å². The fourth-order valence-corrected chi connectivity index (χ4v) is 3.39. The number of benzene rings is 1. The minimum atomic E-state index is -4.31. The molecule has 1 fully saturated rings. The summed E-state index contributed by atoms with van der Waals surface area (Å²) in [6.45, 7) is 1.49. The lowest BCUT2D eigenvalue weighted by atomic mass is 10.1. The average molecular weight is 311 g/mol. The Morgan fingerprint density at radius 1 is 1.24 bits per heavy atom. The summed E-state index contributed by atoms with van der Waals surface area (Å²) in [6, 6.07) is 8.62. The molecule has 0 bridgehead atoms. The van der Waals surface area contributed by atoms with Gasteiger partial charge in [-0.15, -0.1) is 11.3 Å². The normalized spacial score (nSPS) is 16.8. The van der Waals surface area contributed by atoms with E-state index in [-0.39, 0.29) is 11.6 Å². The van der Waals surface area contributed by atoms with E-state index in [1.54, 1.807) is 17.4 Å². The number of anilines is 1. The van der Waals surface area contributed by atoms with Crippen molar-refractivity contribution in [3.8, 4) is 0 Å². The molecule has 21 heavy (non-hydrogen) atoms. The molecule has 0 aliphatic heterocycles. The number of rotatable bonds is 4. The van der Waals surface area contributed by atoms with Crippen molar-refractivity contribution in [2.75, 3.05) is 5.32 Å². The Morgan fingerprint density at radius 2 is 2.00 bits per heavy atom. The van der Waals surface area contributed by atoms with E-state index in [0.29, 0.717) is 11.6 Å². The highest BCUT2D eigenvalue weighted by atomic mass is 32.1. The summed E-state index contributed by atoms with van der Waals surface area (Å²) in [4.78, 5) is 1.19. The molecule has 1 aromatic heterocycles. The van der Waals surface area contributed by atoms with Gasteiger partial charge in [0, 0.05) is 10.6 Å². The lowest BCUT2D eigenvalue weighted by molar-refractivity contribution is -0.138. The predicted octanol–water partition coefficient (Wildman–Crippen LogP) is 5.64. The van der Waals surface area contributed by atoms with Gasteiger partial charge in [0.05, 0.1) is 11.6 Å². The largest absolute Gasteiger partial charge is 0.416 e. The first-order valence-corrected chi connectivity index (χ1v) is 7.81. The van der Waals surface area contributed by atoms with E-state index in [0.717, 1.165) is 12.8 Å². The third-order valence-corrected chi connectivity index (χ3v) is 4.76. The Labute approximate surface area is 125 Å². The number of aryl methyl sites for hydroxylation is 1. The Balaban J connectivity index is 1.87. The molecule has 1 heterocycles. The van der Waals surface area contributed by atoms with Crippen molar-refractivity contribution < 1.29 is 13.2 Å². The van der Waals surface area contributed by atoms with Crippen LogP contribution in [0.25, 0.3) is 0 Å². The Bertz CT molecular complexity index is 615. The van der Waals surface area contributed by atoms with E-state index in [4.69, 9.17) is 0 Å². The van der Waals surface area contributed by atoms with Crippen LogP contribution in [0, 0.1) is 12.8 Å². The molecular weight excluding hydrogens is 295 g/mol. The Hall–Kier alpha value is -1.49. The molecule has 112 valence electrons. The van der Waals surface area contributed by atoms with Crippen molar-refractivity contribution in [2.45, 2.75) is 32.0 Å². The Kier molecular flexibility index (Phi) is 3.69. The highest BCUT2D eigenvalue weighted by Gasteiger charge is 2.35. The monoisotopic (exact) mass is 311 g/mol. The third-order valence-electron chi connectivity index (χ3n) is 3.81. The SMILES string of the molecule is Cc1ccc(NC(c2cccs2)C2CC2)cc1C(F)(F)F. The molecule has 5 heteroatoms. The van der Waals surface area contributed by atoms with Crippen LogP contribution in [-0.4, -0.2) is 0 Å². The number of nitrogens with one attached hydrogen (secondary N) is 1. The van der Waals surface area contributed by atoms with Gasteiger partial charge in [-0.1, -0.05) is 12.1 Å². The van der Waals surface area contributed by atoms with Gasteiger partial charge in [-0.3, -0.25) is 0 Å². The van der Waals surface area contributed by atoms with Crippen LogP contribution in [0.1, 0.15) is 34.9 Å². The molecule has 1 unspecified atom stereocenters. The Morgan fingerprint density at radius 3 is 2.57 bits per heavy atom. The summed E-state index contributed by atoms with van der Waals surface area (Å²) in [5, 5.41) is 5.30. The molecule has 1 N–H and O–H groups in total. The minimum absolute atomic E-state index is 0.119. The second kappa shape index (κ2) is 5.37. The number of hydrogen-bond donors (Lipinski definition) is 1. The molecule has 1 atom stereocenters. The average Bonchev–Trinajstić information content (AvgIpc) is 3.11. The second-order valence-electron chi connectivity index (χ2n) is 5.50. The van der Waals surface area contributed by atoms with Gasteiger partial charge in [-0.2, -0.15) is 13.2 Å². The first kappa shape index (κ1) is 14.4. The summed E-state index contributed by atoms with van der Waals surface area (Å²) in [7, 11) is 0. The molecule has 1 nitrogen and oxygen atoms in total. The molecular formula is C16H16F3NS. The summed E-state index contributed by atoms with van der Waals surface area (Å²) >= 11 is 1.65. The maximum Gasteiger partial charge on any atom is 0.416 e. The first-order valence-electron chi connectivity index (χ1n) is 6.93. The molecule has 0 spiro atoms. The summed E-state index contributed by atoms with van der Waals surface area (Å²) in [5.74, 6) is 0.527. The lowest BCUT2D eigenvalue weighted by Crippen LogP contribution is -2.13. The van der Waals surface area contributed by atoms with Gasteiger partial charge in [0.2, 0.25) is 0 Å². The summed E-state index contributed by atoms with van der Waals surface area (Å²) in [6.07, 6.45) is -2.04. The molecule has 3 rings (SSSR count). The van der Waals surface area contributed by atoms with E-state index in [1.807, 2.05) is 17.5 Å². The van der Waals surface area contributed by atoms with Crippen molar-refractivity contribution in [1.29, 1.82) is 0 Å². The minimum Gasteiger partial charge on any atom is -0.377 e. The molecule has 1 aliphatic carbocycles. The zero-order chi connectivity index (χ0) is 15.0. The second-order valence-corrected chi connectivity index (χ2v) is 6.48. The zero-order valence-electron chi connectivity index (χ0n) is 11.6. The molecule has 0 radical (unpaired) electrons. The smallest absolute Gasteiger partial charge is 0.377 e. The maximum absolute atomic E-state index is 13.0. The molecule has 2 aromatic rings. The highest BCUT2D eigenvalue weighted by Crippen LogP contribution is 2.44. The van der Waals surface area contributed by atoms with Crippen LogP contribution in [-0.2, 0) is 6.18 Å². The molecule has 0 amide bonds. The van der Waals surface area contributed by atoms with E-state index in [9.17, 15) is 13.2 Å². The number of thiophene rings is 1. The topological polar surface area (TPSA) is 12.0 Å². The lowest BCUT2D eigenvalue weighted by Gasteiger charge is -2.20. The summed E-state index contributed by atoms with van der Waals surface area (Å²) in [5.41, 5.74) is 0.235. The van der Waals surface area contributed by atoms with Gasteiger partial charge in [0.1, 0.15) is 0 Å². The highest BCUT2D eigenvalue weighted by molar-refractivity contribution is 7.10. The number of halogens is 3. The quantitative estimate of drug-likeness (QED) is 0.770. The van der Waals surface area contributed by atoms with E-state index in [1.165, 1.54) is 23.9 Å². The van der Waals surface area contributed by atoms with Crippen LogP contribution in [0.5, 0.6) is 0 Å². The predicted molar refractivity (Wildman–Crippen MR) is 79.6 cm³/mol. The van der Waals surface area contributed by atoms with E-state index in [2.05, 4.69) is 5.32 Å². The third kappa shape index (κ3) is 3.23. The van der Waals surface area contributed by atoms with E-state index >= 15 is 0 Å². The van der Waals surface area contributed by atoms with Crippen LogP contribution in [0.15, 0.2) is 35.7 Å². The van der Waals surface area contributed by atoms with Crippen LogP contribution in [0.3, 0.4) is 0 Å². The van der Waals surface area contributed by atoms with E-state index < -0.39 is 11.7 Å².